The quantitative estimate of drug-likeness (QED) is 0.888. The number of carbonyl (C=O) groups is 1. The van der Waals surface area contributed by atoms with E-state index in [1.54, 1.807) is 24.4 Å². The molecule has 2 aromatic rings. The number of nitrogens with zero attached hydrogens (tertiary/aromatic N) is 1. The molecule has 5 nitrogen and oxygen atoms in total. The first-order valence-corrected chi connectivity index (χ1v) is 6.03. The molecule has 100 valence electrons. The van der Waals surface area contributed by atoms with E-state index < -0.39 is 0 Å². The van der Waals surface area contributed by atoms with Gasteiger partial charge in [0.25, 0.3) is 5.91 Å². The molecule has 0 atom stereocenters. The Morgan fingerprint density at radius 3 is 2.58 bits per heavy atom. The Labute approximate surface area is 112 Å². The summed E-state index contributed by atoms with van der Waals surface area (Å²) in [4.78, 5) is 15.9. The highest BCUT2D eigenvalue weighted by Gasteiger charge is 2.11. The normalized spacial score (nSPS) is 11.1. The lowest BCUT2D eigenvalue weighted by atomic mass is 10.1. The predicted molar refractivity (Wildman–Crippen MR) is 74.3 cm³/mol. The van der Waals surface area contributed by atoms with Crippen LogP contribution in [0.5, 0.6) is 0 Å². The topological polar surface area (TPSA) is 67.2 Å². The van der Waals surface area contributed by atoms with Gasteiger partial charge < -0.3 is 15.1 Å². The highest BCUT2D eigenvalue weighted by molar-refractivity contribution is 6.01. The van der Waals surface area contributed by atoms with Crippen LogP contribution < -0.4 is 10.6 Å². The molecule has 19 heavy (non-hydrogen) atoms. The maximum atomic E-state index is 11.7. The van der Waals surface area contributed by atoms with Gasteiger partial charge in [0.1, 0.15) is 5.82 Å². The molecular formula is C14H17N3O2. The van der Waals surface area contributed by atoms with Crippen LogP contribution in [0.1, 0.15) is 31.3 Å². The number of anilines is 2. The Hall–Kier alpha value is -2.30. The average molecular weight is 259 g/mol. The molecule has 0 unspecified atom stereocenters. The summed E-state index contributed by atoms with van der Waals surface area (Å²) in [5.41, 5.74) is 0.879. The van der Waals surface area contributed by atoms with E-state index in [1.165, 1.54) is 6.26 Å². The van der Waals surface area contributed by atoms with Gasteiger partial charge in [-0.05, 0) is 45.0 Å². The lowest BCUT2D eigenvalue weighted by Gasteiger charge is -2.21. The van der Waals surface area contributed by atoms with Crippen molar-refractivity contribution in [2.45, 2.75) is 26.3 Å². The number of rotatable bonds is 3. The Morgan fingerprint density at radius 2 is 2.05 bits per heavy atom. The van der Waals surface area contributed by atoms with Crippen LogP contribution in [-0.2, 0) is 0 Å². The van der Waals surface area contributed by atoms with E-state index in [-0.39, 0.29) is 17.2 Å². The van der Waals surface area contributed by atoms with Gasteiger partial charge in [-0.1, -0.05) is 0 Å². The summed E-state index contributed by atoms with van der Waals surface area (Å²) in [6.07, 6.45) is 3.14. The number of pyridine rings is 1. The molecule has 0 aliphatic heterocycles. The molecule has 2 aromatic heterocycles. The van der Waals surface area contributed by atoms with Gasteiger partial charge in [0.05, 0.1) is 18.1 Å². The van der Waals surface area contributed by atoms with Crippen LogP contribution in [0.3, 0.4) is 0 Å². The molecular weight excluding hydrogens is 242 g/mol. The van der Waals surface area contributed by atoms with Crippen molar-refractivity contribution < 1.29 is 9.21 Å². The van der Waals surface area contributed by atoms with E-state index in [0.29, 0.717) is 5.82 Å². The largest absolute Gasteiger partial charge is 0.459 e. The zero-order valence-corrected chi connectivity index (χ0v) is 11.2. The lowest BCUT2D eigenvalue weighted by Crippen LogP contribution is -2.26. The van der Waals surface area contributed by atoms with Crippen LogP contribution in [0.25, 0.3) is 0 Å². The summed E-state index contributed by atoms with van der Waals surface area (Å²) >= 11 is 0. The molecule has 0 radical (unpaired) electrons. The fourth-order valence-corrected chi connectivity index (χ4v) is 1.56. The molecule has 0 aliphatic rings. The SMILES string of the molecule is CC(C)(C)Nc1ccc(NC(=O)c2ccco2)nc1. The highest BCUT2D eigenvalue weighted by Crippen LogP contribution is 2.15. The average Bonchev–Trinajstić information content (AvgIpc) is 2.83. The molecule has 2 heterocycles. The first-order valence-electron chi connectivity index (χ1n) is 6.03. The molecule has 0 spiro atoms. The van der Waals surface area contributed by atoms with Gasteiger partial charge in [0.15, 0.2) is 5.76 Å². The molecule has 2 rings (SSSR count). The fraction of sp³-hybridized carbons (Fsp3) is 0.286. The fourth-order valence-electron chi connectivity index (χ4n) is 1.56. The maximum absolute atomic E-state index is 11.7. The Balaban J connectivity index is 2.01. The summed E-state index contributed by atoms with van der Waals surface area (Å²) in [6, 6.07) is 6.88. The minimum atomic E-state index is -0.311. The first kappa shape index (κ1) is 13.1. The number of aromatic nitrogens is 1. The van der Waals surface area contributed by atoms with Crippen molar-refractivity contribution in [1.29, 1.82) is 0 Å². The van der Waals surface area contributed by atoms with Crippen LogP contribution in [0.15, 0.2) is 41.1 Å². The molecule has 2 N–H and O–H groups in total. The molecule has 0 saturated heterocycles. The van der Waals surface area contributed by atoms with Crippen molar-refractivity contribution >= 4 is 17.4 Å². The van der Waals surface area contributed by atoms with Gasteiger partial charge in [-0.3, -0.25) is 4.79 Å². The summed E-state index contributed by atoms with van der Waals surface area (Å²) in [5, 5.41) is 5.96. The van der Waals surface area contributed by atoms with Crippen LogP contribution in [-0.4, -0.2) is 16.4 Å². The number of carbonyl (C=O) groups excluding carboxylic acids is 1. The molecule has 1 amide bonds. The van der Waals surface area contributed by atoms with Crippen molar-refractivity contribution in [3.8, 4) is 0 Å². The lowest BCUT2D eigenvalue weighted by molar-refractivity contribution is 0.0996. The van der Waals surface area contributed by atoms with E-state index in [4.69, 9.17) is 4.42 Å². The molecule has 0 saturated carbocycles. The standard InChI is InChI=1S/C14H17N3O2/c1-14(2,3)17-10-6-7-12(15-9-10)16-13(18)11-5-4-8-19-11/h4-9,17H,1-3H3,(H,15,16,18). The van der Waals surface area contributed by atoms with Gasteiger partial charge in [-0.15, -0.1) is 0 Å². The third-order valence-electron chi connectivity index (χ3n) is 2.27. The van der Waals surface area contributed by atoms with Crippen LogP contribution >= 0.6 is 0 Å². The Morgan fingerprint density at radius 1 is 1.26 bits per heavy atom. The zero-order valence-electron chi connectivity index (χ0n) is 11.2. The molecule has 0 bridgehead atoms. The molecule has 0 aromatic carbocycles. The van der Waals surface area contributed by atoms with Gasteiger partial charge in [-0.25, -0.2) is 4.98 Å². The van der Waals surface area contributed by atoms with E-state index in [1.807, 2.05) is 6.07 Å². The van der Waals surface area contributed by atoms with Gasteiger partial charge in [0, 0.05) is 5.54 Å². The van der Waals surface area contributed by atoms with Crippen LogP contribution in [0, 0.1) is 0 Å². The van der Waals surface area contributed by atoms with Crippen molar-refractivity contribution in [3.05, 3.63) is 42.5 Å². The monoisotopic (exact) mass is 259 g/mol. The van der Waals surface area contributed by atoms with Crippen molar-refractivity contribution in [2.75, 3.05) is 10.6 Å². The summed E-state index contributed by atoms with van der Waals surface area (Å²) < 4.78 is 5.00. The van der Waals surface area contributed by atoms with Crippen molar-refractivity contribution in [2.24, 2.45) is 0 Å². The number of hydrogen-bond donors (Lipinski definition) is 2. The van der Waals surface area contributed by atoms with E-state index >= 15 is 0 Å². The molecule has 5 heteroatoms. The second kappa shape index (κ2) is 5.14. The van der Waals surface area contributed by atoms with Gasteiger partial charge >= 0.3 is 0 Å². The minimum Gasteiger partial charge on any atom is -0.459 e. The van der Waals surface area contributed by atoms with E-state index in [2.05, 4.69) is 36.4 Å². The Bertz CT molecular complexity index is 539. The van der Waals surface area contributed by atoms with Gasteiger partial charge in [-0.2, -0.15) is 0 Å². The maximum Gasteiger partial charge on any atom is 0.292 e. The minimum absolute atomic E-state index is 0.0272. The predicted octanol–water partition coefficient (Wildman–Crippen LogP) is 3.14. The molecule has 0 aliphatic carbocycles. The summed E-state index contributed by atoms with van der Waals surface area (Å²) in [5.74, 6) is 0.439. The third-order valence-corrected chi connectivity index (χ3v) is 2.27. The Kier molecular flexibility index (Phi) is 3.55. The second-order valence-electron chi connectivity index (χ2n) is 5.24. The van der Waals surface area contributed by atoms with E-state index in [9.17, 15) is 4.79 Å². The van der Waals surface area contributed by atoms with Crippen molar-refractivity contribution in [3.63, 3.8) is 0 Å². The second-order valence-corrected chi connectivity index (χ2v) is 5.24. The third kappa shape index (κ3) is 3.84. The number of nitrogens with one attached hydrogen (secondary N) is 2. The van der Waals surface area contributed by atoms with Crippen LogP contribution in [0.4, 0.5) is 11.5 Å². The number of hydrogen-bond acceptors (Lipinski definition) is 4. The van der Waals surface area contributed by atoms with Crippen LogP contribution in [0.2, 0.25) is 0 Å². The zero-order chi connectivity index (χ0) is 13.9. The highest BCUT2D eigenvalue weighted by atomic mass is 16.3. The van der Waals surface area contributed by atoms with E-state index in [0.717, 1.165) is 5.69 Å². The molecule has 0 fully saturated rings. The van der Waals surface area contributed by atoms with Crippen molar-refractivity contribution in [1.82, 2.24) is 4.98 Å². The van der Waals surface area contributed by atoms with Gasteiger partial charge in [0.2, 0.25) is 0 Å². The summed E-state index contributed by atoms with van der Waals surface area (Å²) in [7, 11) is 0. The first-order chi connectivity index (χ1) is 8.94. The number of furan rings is 1. The number of amides is 1. The smallest absolute Gasteiger partial charge is 0.292 e. The summed E-state index contributed by atoms with van der Waals surface area (Å²) in [6.45, 7) is 6.21.